The highest BCUT2D eigenvalue weighted by atomic mass is 32.4. The summed E-state index contributed by atoms with van der Waals surface area (Å²) < 4.78 is 0. The van der Waals surface area contributed by atoms with Crippen LogP contribution in [0.2, 0.25) is 0 Å². The molecule has 0 aliphatic rings. The van der Waals surface area contributed by atoms with E-state index in [-0.39, 0.29) is 0 Å². The summed E-state index contributed by atoms with van der Waals surface area (Å²) in [5, 5.41) is 10.1. The third-order valence-corrected chi connectivity index (χ3v) is 9.68. The maximum atomic E-state index is 3.68. The molecule has 1 rings (SSSR count). The largest absolute Gasteiger partial charge is 0.103 e. The summed E-state index contributed by atoms with van der Waals surface area (Å²) >= 11 is 0. The molecule has 50 valence electrons. The van der Waals surface area contributed by atoms with Crippen molar-refractivity contribution in [2.75, 3.05) is 0 Å². The number of hydrogen-bond donors (Lipinski definition) is 0. The van der Waals surface area contributed by atoms with E-state index in [4.69, 9.17) is 0 Å². The molecule has 1 heterocycles. The molecule has 0 amide bonds. The van der Waals surface area contributed by atoms with E-state index >= 15 is 0 Å². The number of aromatic nitrogens is 5. The van der Waals surface area contributed by atoms with Crippen LogP contribution in [0.3, 0.4) is 0 Å². The van der Waals surface area contributed by atoms with Gasteiger partial charge in [0.1, 0.15) is 16.1 Å². The Hall–Kier alpha value is 0.500. The van der Waals surface area contributed by atoms with Gasteiger partial charge in [-0.2, -0.15) is 0 Å². The molecule has 0 saturated heterocycles. The van der Waals surface area contributed by atoms with Crippen LogP contribution in [-0.2, 0) is 0 Å². The summed E-state index contributed by atoms with van der Waals surface area (Å²) in [5.74, 6) is 0. The molecule has 5 nitrogen and oxygen atoms in total. The molecule has 0 unspecified atom stereocenters. The molecule has 0 N–H and O–H groups in total. The highest BCUT2D eigenvalue weighted by Gasteiger charge is 1.64. The Labute approximate surface area is 64.6 Å². The van der Waals surface area contributed by atoms with Crippen molar-refractivity contribution in [3.63, 3.8) is 0 Å². The Bertz CT molecular complexity index is 149. The van der Waals surface area contributed by atoms with Crippen molar-refractivity contribution in [3.8, 4) is 0 Å². The molecule has 0 atom stereocenters. The first kappa shape index (κ1) is 8.60. The molecule has 0 bridgehead atoms. The van der Waals surface area contributed by atoms with Gasteiger partial charge in [-0.05, 0) is 15.6 Å². The molecular weight excluding hydrogens is 225 g/mol. The standard InChI is InChI=1S/N5P5/c1-2-4-6-8-10-9-7-5-3-1. The summed E-state index contributed by atoms with van der Waals surface area (Å²) in [6.07, 6.45) is 0. The van der Waals surface area contributed by atoms with Crippen molar-refractivity contribution in [2.24, 2.45) is 0 Å². The number of rotatable bonds is 0. The zero-order valence-corrected chi connectivity index (χ0v) is 8.94. The van der Waals surface area contributed by atoms with Gasteiger partial charge in [-0.15, -0.1) is 9.72 Å². The van der Waals surface area contributed by atoms with Crippen molar-refractivity contribution in [1.82, 2.24) is 25.4 Å². The van der Waals surface area contributed by atoms with Crippen LogP contribution in [0.25, 0.3) is 0 Å². The highest BCUT2D eigenvalue weighted by Crippen LogP contribution is 2.33. The minimum Gasteiger partial charge on any atom is -0.103 e. The van der Waals surface area contributed by atoms with Gasteiger partial charge in [-0.1, -0.05) is 0 Å². The third kappa shape index (κ3) is 4.34. The summed E-state index contributed by atoms with van der Waals surface area (Å²) in [7, 11) is 5.59. The first-order chi connectivity index (χ1) is 5.00. The summed E-state index contributed by atoms with van der Waals surface area (Å²) in [5.41, 5.74) is 0. The Morgan fingerprint density at radius 3 is 1.80 bits per heavy atom. The molecule has 1 aromatic rings. The average Bonchev–Trinajstić information content (AvgIpc) is 2.01. The van der Waals surface area contributed by atoms with Crippen LogP contribution in [0, 0.1) is 0 Å². The molecule has 0 saturated carbocycles. The SMILES string of the molecule is n1nnpppppnn1. The first-order valence-electron chi connectivity index (χ1n) is 2.00. The van der Waals surface area contributed by atoms with E-state index in [0.29, 0.717) is 0 Å². The van der Waals surface area contributed by atoms with Crippen LogP contribution >= 0.6 is 38.7 Å². The van der Waals surface area contributed by atoms with E-state index in [2.05, 4.69) is 25.4 Å². The smallest absolute Gasteiger partial charge is 0.103 e. The van der Waals surface area contributed by atoms with Gasteiger partial charge in [-0.25, -0.2) is 0 Å². The topological polar surface area (TPSA) is 64.5 Å². The normalized spacial score (nSPS) is 12.0. The first-order valence-corrected chi connectivity index (χ1v) is 9.20. The van der Waals surface area contributed by atoms with Crippen LogP contribution in [0.4, 0.5) is 0 Å². The Kier molecular flexibility index (Phi) is 5.35. The predicted octanol–water partition coefficient (Wildman–Crippen LogP) is 2.69. The number of nitrogens with zero attached hydrogens (tertiary/aromatic N) is 5. The summed E-state index contributed by atoms with van der Waals surface area (Å²) in [4.78, 5) is 7.36. The molecule has 0 aliphatic carbocycles. The second-order valence-corrected chi connectivity index (χ2v) is 9.66. The fraction of sp³-hybridized carbons (Fsp3) is 0. The molecule has 0 spiro atoms. The van der Waals surface area contributed by atoms with Crippen LogP contribution < -0.4 is 0 Å². The van der Waals surface area contributed by atoms with E-state index < -0.39 is 0 Å². The van der Waals surface area contributed by atoms with Gasteiger partial charge in [0.15, 0.2) is 0 Å². The number of hydrogen-bond acceptors (Lipinski definition) is 5. The second-order valence-electron chi connectivity index (χ2n) is 0.894. The van der Waals surface area contributed by atoms with Gasteiger partial charge in [-0.3, -0.25) is 0 Å². The fourth-order valence-corrected chi connectivity index (χ4v) is 8.66. The zero-order valence-electron chi connectivity index (χ0n) is 4.47. The molecule has 0 fully saturated rings. The lowest BCUT2D eigenvalue weighted by Gasteiger charge is -1.64. The Morgan fingerprint density at radius 1 is 0.600 bits per heavy atom. The lowest BCUT2D eigenvalue weighted by molar-refractivity contribution is 0.769. The lowest BCUT2D eigenvalue weighted by Crippen LogP contribution is -1.79. The minimum atomic E-state index is 0.929. The van der Waals surface area contributed by atoms with Crippen LogP contribution in [0.15, 0.2) is 0 Å². The zero-order chi connectivity index (χ0) is 7.07. The molecule has 0 aliphatic heterocycles. The van der Waals surface area contributed by atoms with Crippen LogP contribution in [0.1, 0.15) is 0 Å². The molecule has 0 radical (unpaired) electrons. The molecular formula is N5P5. The Morgan fingerprint density at radius 2 is 1.20 bits per heavy atom. The lowest BCUT2D eigenvalue weighted by atomic mass is 12.6. The van der Waals surface area contributed by atoms with Crippen LogP contribution in [-0.4, -0.2) is 25.4 Å². The maximum absolute atomic E-state index is 3.68. The summed E-state index contributed by atoms with van der Waals surface area (Å²) in [6, 6.07) is 0. The Balaban J connectivity index is 3.00. The van der Waals surface area contributed by atoms with E-state index in [1.54, 1.807) is 0 Å². The van der Waals surface area contributed by atoms with Crippen molar-refractivity contribution in [3.05, 3.63) is 0 Å². The van der Waals surface area contributed by atoms with Gasteiger partial charge in [0.2, 0.25) is 0 Å². The van der Waals surface area contributed by atoms with Gasteiger partial charge in [0, 0.05) is 22.6 Å². The van der Waals surface area contributed by atoms with Gasteiger partial charge >= 0.3 is 0 Å². The van der Waals surface area contributed by atoms with Gasteiger partial charge < -0.3 is 0 Å². The highest BCUT2D eigenvalue weighted by molar-refractivity contribution is 8.36. The summed E-state index contributed by atoms with van der Waals surface area (Å²) in [6.45, 7) is 0. The second kappa shape index (κ2) is 6.23. The molecule has 0 aromatic carbocycles. The third-order valence-electron chi connectivity index (χ3n) is 0.400. The minimum absolute atomic E-state index is 0.929. The quantitative estimate of drug-likeness (QED) is 0.678. The van der Waals surface area contributed by atoms with Gasteiger partial charge in [0.25, 0.3) is 0 Å². The van der Waals surface area contributed by atoms with E-state index in [0.717, 1.165) is 16.1 Å². The predicted molar refractivity (Wildman–Crippen MR) is 45.6 cm³/mol. The molecule has 10 heteroatoms. The van der Waals surface area contributed by atoms with Gasteiger partial charge in [0.05, 0.1) is 0 Å². The fourth-order valence-electron chi connectivity index (χ4n) is 0.179. The van der Waals surface area contributed by atoms with Crippen molar-refractivity contribution < 1.29 is 0 Å². The van der Waals surface area contributed by atoms with E-state index in [1.165, 1.54) is 22.6 Å². The maximum Gasteiger partial charge on any atom is 0.103 e. The van der Waals surface area contributed by atoms with Crippen molar-refractivity contribution in [1.29, 1.82) is 0 Å². The molecule has 10 heavy (non-hydrogen) atoms. The molecule has 1 aromatic heterocycles. The van der Waals surface area contributed by atoms with E-state index in [9.17, 15) is 0 Å². The van der Waals surface area contributed by atoms with E-state index in [1.807, 2.05) is 0 Å². The monoisotopic (exact) mass is 225 g/mol. The average molecular weight is 225 g/mol. The van der Waals surface area contributed by atoms with Crippen molar-refractivity contribution >= 4 is 38.7 Å². The van der Waals surface area contributed by atoms with Crippen molar-refractivity contribution in [2.45, 2.75) is 0 Å². The van der Waals surface area contributed by atoms with Crippen LogP contribution in [0.5, 0.6) is 0 Å².